The SMILES string of the molecule is COC(=O)C1=C(C)N(c2ccccc2Cl)C(=O)/C1=C\c1cc(C)n(-c2ccc(C)c(Cl)c2)c1C. The number of para-hydroxylation sites is 1. The third-order valence-electron chi connectivity index (χ3n) is 6.07. The number of hydrogen-bond donors (Lipinski definition) is 0. The van der Waals surface area contributed by atoms with Crippen molar-refractivity contribution < 1.29 is 14.3 Å². The second-order valence-corrected chi connectivity index (χ2v) is 9.01. The van der Waals surface area contributed by atoms with E-state index in [1.807, 2.05) is 45.0 Å². The molecule has 7 heteroatoms. The highest BCUT2D eigenvalue weighted by Crippen LogP contribution is 2.39. The smallest absolute Gasteiger partial charge is 0.340 e. The molecule has 0 N–H and O–H groups in total. The van der Waals surface area contributed by atoms with Crippen LogP contribution in [0.4, 0.5) is 5.69 Å². The number of ether oxygens (including phenoxy) is 1. The highest BCUT2D eigenvalue weighted by Gasteiger charge is 2.38. The first-order valence-corrected chi connectivity index (χ1v) is 11.5. The zero-order chi connectivity index (χ0) is 24.7. The summed E-state index contributed by atoms with van der Waals surface area (Å²) in [5.41, 5.74) is 6.07. The lowest BCUT2D eigenvalue weighted by Gasteiger charge is -2.19. The van der Waals surface area contributed by atoms with E-state index in [1.165, 1.54) is 12.0 Å². The fraction of sp³-hybridized carbons (Fsp3) is 0.185. The number of allylic oxidation sites excluding steroid dienone is 1. The fourth-order valence-corrected chi connectivity index (χ4v) is 4.71. The van der Waals surface area contributed by atoms with Gasteiger partial charge in [-0.1, -0.05) is 41.4 Å². The van der Waals surface area contributed by atoms with E-state index in [0.717, 1.165) is 28.2 Å². The molecule has 174 valence electrons. The third-order valence-corrected chi connectivity index (χ3v) is 6.79. The maximum Gasteiger partial charge on any atom is 0.340 e. The predicted molar refractivity (Wildman–Crippen MR) is 137 cm³/mol. The minimum Gasteiger partial charge on any atom is -0.465 e. The number of methoxy groups -OCH3 is 1. The van der Waals surface area contributed by atoms with Crippen molar-refractivity contribution in [1.29, 1.82) is 0 Å². The summed E-state index contributed by atoms with van der Waals surface area (Å²) in [5, 5.41) is 1.09. The number of aryl methyl sites for hydroxylation is 2. The second kappa shape index (κ2) is 9.16. The van der Waals surface area contributed by atoms with Gasteiger partial charge in [-0.3, -0.25) is 9.69 Å². The molecule has 0 saturated heterocycles. The van der Waals surface area contributed by atoms with Gasteiger partial charge < -0.3 is 9.30 Å². The van der Waals surface area contributed by atoms with Crippen LogP contribution in [0, 0.1) is 20.8 Å². The van der Waals surface area contributed by atoms with Gasteiger partial charge >= 0.3 is 5.97 Å². The van der Waals surface area contributed by atoms with E-state index in [-0.39, 0.29) is 17.1 Å². The molecule has 0 atom stereocenters. The van der Waals surface area contributed by atoms with Crippen molar-refractivity contribution in [2.75, 3.05) is 12.0 Å². The number of carbonyl (C=O) groups excluding carboxylic acids is 2. The summed E-state index contributed by atoms with van der Waals surface area (Å²) in [6.07, 6.45) is 1.74. The zero-order valence-corrected chi connectivity index (χ0v) is 21.1. The van der Waals surface area contributed by atoms with Crippen LogP contribution in [0.15, 0.2) is 65.4 Å². The van der Waals surface area contributed by atoms with Crippen molar-refractivity contribution in [3.05, 3.63) is 97.9 Å². The number of aromatic nitrogens is 1. The Bertz CT molecular complexity index is 1400. The number of carbonyl (C=O) groups is 2. The highest BCUT2D eigenvalue weighted by atomic mass is 35.5. The number of hydrogen-bond acceptors (Lipinski definition) is 3. The molecule has 0 spiro atoms. The molecule has 0 radical (unpaired) electrons. The first kappa shape index (κ1) is 23.9. The van der Waals surface area contributed by atoms with Crippen LogP contribution >= 0.6 is 23.2 Å². The Morgan fingerprint density at radius 1 is 0.971 bits per heavy atom. The number of halogens is 2. The average Bonchev–Trinajstić information content (AvgIpc) is 3.22. The molecule has 1 aromatic heterocycles. The van der Waals surface area contributed by atoms with Gasteiger partial charge in [0.15, 0.2) is 0 Å². The van der Waals surface area contributed by atoms with Crippen LogP contribution in [0.25, 0.3) is 11.8 Å². The topological polar surface area (TPSA) is 51.5 Å². The lowest BCUT2D eigenvalue weighted by atomic mass is 10.0. The maximum absolute atomic E-state index is 13.6. The second-order valence-electron chi connectivity index (χ2n) is 8.20. The highest BCUT2D eigenvalue weighted by molar-refractivity contribution is 6.35. The van der Waals surface area contributed by atoms with Gasteiger partial charge in [0.1, 0.15) is 0 Å². The molecule has 3 aromatic rings. The van der Waals surface area contributed by atoms with Gasteiger partial charge in [0.2, 0.25) is 0 Å². The van der Waals surface area contributed by atoms with E-state index in [0.29, 0.717) is 21.4 Å². The van der Waals surface area contributed by atoms with Gasteiger partial charge in [-0.25, -0.2) is 4.79 Å². The largest absolute Gasteiger partial charge is 0.465 e. The van der Waals surface area contributed by atoms with E-state index in [9.17, 15) is 9.59 Å². The number of benzene rings is 2. The summed E-state index contributed by atoms with van der Waals surface area (Å²) >= 11 is 12.7. The molecule has 0 bridgehead atoms. The van der Waals surface area contributed by atoms with E-state index >= 15 is 0 Å². The van der Waals surface area contributed by atoms with Crippen LogP contribution in [-0.4, -0.2) is 23.6 Å². The Balaban J connectivity index is 1.86. The Morgan fingerprint density at radius 3 is 2.32 bits per heavy atom. The minimum absolute atomic E-state index is 0.218. The molecule has 2 aromatic carbocycles. The van der Waals surface area contributed by atoms with Crippen molar-refractivity contribution in [2.45, 2.75) is 27.7 Å². The van der Waals surface area contributed by atoms with Crippen molar-refractivity contribution in [3.63, 3.8) is 0 Å². The number of rotatable bonds is 4. The number of amides is 1. The number of esters is 1. The zero-order valence-electron chi connectivity index (χ0n) is 19.6. The number of nitrogens with zero attached hydrogens (tertiary/aromatic N) is 2. The van der Waals surface area contributed by atoms with Crippen molar-refractivity contribution >= 4 is 46.8 Å². The Hall–Kier alpha value is -3.28. The van der Waals surface area contributed by atoms with Crippen molar-refractivity contribution in [1.82, 2.24) is 4.57 Å². The Labute approximate surface area is 208 Å². The van der Waals surface area contributed by atoms with Crippen LogP contribution < -0.4 is 4.90 Å². The minimum atomic E-state index is -0.578. The van der Waals surface area contributed by atoms with E-state index < -0.39 is 5.97 Å². The van der Waals surface area contributed by atoms with Crippen LogP contribution in [0.3, 0.4) is 0 Å². The van der Waals surface area contributed by atoms with E-state index in [2.05, 4.69) is 4.57 Å². The summed E-state index contributed by atoms with van der Waals surface area (Å²) in [7, 11) is 1.30. The summed E-state index contributed by atoms with van der Waals surface area (Å²) < 4.78 is 7.09. The van der Waals surface area contributed by atoms with Gasteiger partial charge in [-0.05, 0) is 75.2 Å². The lowest BCUT2D eigenvalue weighted by molar-refractivity contribution is -0.136. The van der Waals surface area contributed by atoms with Crippen molar-refractivity contribution in [2.24, 2.45) is 0 Å². The van der Waals surface area contributed by atoms with Gasteiger partial charge in [0.05, 0.1) is 29.0 Å². The normalized spacial score (nSPS) is 15.0. The van der Waals surface area contributed by atoms with E-state index in [1.54, 1.807) is 37.3 Å². The molecule has 1 aliphatic heterocycles. The van der Waals surface area contributed by atoms with Crippen LogP contribution in [0.2, 0.25) is 10.0 Å². The standard InChI is InChI=1S/C27H24Cl2N2O3/c1-15-10-11-20(14-23(15)29)30-16(2)12-19(17(30)3)13-21-25(27(33)34-5)18(4)31(26(21)32)24-9-7-6-8-22(24)28/h6-14H,1-5H3/b21-13-. The van der Waals surface area contributed by atoms with Crippen LogP contribution in [0.1, 0.15) is 29.4 Å². The fourth-order valence-electron chi connectivity index (χ4n) is 4.31. The first-order valence-electron chi connectivity index (χ1n) is 10.7. The molecule has 0 fully saturated rings. The summed E-state index contributed by atoms with van der Waals surface area (Å²) in [6.45, 7) is 7.62. The molecule has 2 heterocycles. The summed E-state index contributed by atoms with van der Waals surface area (Å²) in [5.74, 6) is -0.917. The molecule has 1 aliphatic rings. The van der Waals surface area contributed by atoms with Gasteiger partial charge in [-0.15, -0.1) is 0 Å². The maximum atomic E-state index is 13.6. The van der Waals surface area contributed by atoms with Gasteiger partial charge in [0, 0.05) is 27.8 Å². The van der Waals surface area contributed by atoms with Gasteiger partial charge in [-0.2, -0.15) is 0 Å². The Morgan fingerprint density at radius 2 is 1.68 bits per heavy atom. The molecule has 34 heavy (non-hydrogen) atoms. The molecule has 4 rings (SSSR count). The van der Waals surface area contributed by atoms with Crippen molar-refractivity contribution in [3.8, 4) is 5.69 Å². The molecule has 5 nitrogen and oxygen atoms in total. The van der Waals surface area contributed by atoms with Crippen LogP contribution in [0.5, 0.6) is 0 Å². The molecular formula is C27H24Cl2N2O3. The lowest BCUT2D eigenvalue weighted by Crippen LogP contribution is -2.24. The summed E-state index contributed by atoms with van der Waals surface area (Å²) in [4.78, 5) is 27.8. The molecule has 0 aliphatic carbocycles. The molecular weight excluding hydrogens is 471 g/mol. The number of anilines is 1. The average molecular weight is 495 g/mol. The third kappa shape index (κ3) is 3.95. The quantitative estimate of drug-likeness (QED) is 0.303. The first-order chi connectivity index (χ1) is 16.1. The van der Waals surface area contributed by atoms with E-state index in [4.69, 9.17) is 27.9 Å². The predicted octanol–water partition coefficient (Wildman–Crippen LogP) is 6.59. The Kier molecular flexibility index (Phi) is 6.43. The molecule has 0 unspecified atom stereocenters. The molecule has 1 amide bonds. The van der Waals surface area contributed by atoms with Gasteiger partial charge in [0.25, 0.3) is 5.91 Å². The summed E-state index contributed by atoms with van der Waals surface area (Å²) in [6, 6.07) is 14.9. The monoisotopic (exact) mass is 494 g/mol. The molecule has 0 saturated carbocycles. The van der Waals surface area contributed by atoms with Crippen LogP contribution in [-0.2, 0) is 14.3 Å².